The van der Waals surface area contributed by atoms with Gasteiger partial charge in [-0.05, 0) is 48.7 Å². The van der Waals surface area contributed by atoms with Gasteiger partial charge >= 0.3 is 0 Å². The average molecular weight is 526 g/mol. The second-order valence-electron chi connectivity index (χ2n) is 6.59. The molecule has 0 saturated heterocycles. The summed E-state index contributed by atoms with van der Waals surface area (Å²) in [6.45, 7) is 4.13. The SMILES string of the molecule is CCNC(=NCc1ccc(C(N)=O)cc1)N(C)CCc1ccc(OC)c(OC)c1.I. The van der Waals surface area contributed by atoms with Crippen molar-refractivity contribution in [1.29, 1.82) is 0 Å². The van der Waals surface area contributed by atoms with Crippen molar-refractivity contribution in [3.63, 3.8) is 0 Å². The number of hydrogen-bond donors (Lipinski definition) is 2. The predicted molar refractivity (Wildman–Crippen MR) is 131 cm³/mol. The fourth-order valence-electron chi connectivity index (χ4n) is 2.85. The van der Waals surface area contributed by atoms with Crippen LogP contribution in [0.2, 0.25) is 0 Å². The van der Waals surface area contributed by atoms with E-state index < -0.39 is 5.91 Å². The van der Waals surface area contributed by atoms with Gasteiger partial charge in [-0.15, -0.1) is 24.0 Å². The first-order chi connectivity index (χ1) is 14.0. The molecular weight excluding hydrogens is 495 g/mol. The number of hydrogen-bond acceptors (Lipinski definition) is 4. The van der Waals surface area contributed by atoms with E-state index in [-0.39, 0.29) is 24.0 Å². The maximum absolute atomic E-state index is 11.2. The number of aliphatic imine (C=N–C) groups is 1. The first kappa shape index (κ1) is 25.5. The Morgan fingerprint density at radius 2 is 1.70 bits per heavy atom. The molecule has 0 fully saturated rings. The van der Waals surface area contributed by atoms with E-state index in [0.29, 0.717) is 12.1 Å². The summed E-state index contributed by atoms with van der Waals surface area (Å²) >= 11 is 0. The number of likely N-dealkylation sites (N-methyl/N-ethyl adjacent to an activating group) is 1. The maximum Gasteiger partial charge on any atom is 0.248 e. The zero-order valence-corrected chi connectivity index (χ0v) is 20.3. The van der Waals surface area contributed by atoms with Crippen LogP contribution in [0.5, 0.6) is 11.5 Å². The summed E-state index contributed by atoms with van der Waals surface area (Å²) in [6, 6.07) is 13.1. The molecule has 0 aliphatic carbocycles. The van der Waals surface area contributed by atoms with Crippen LogP contribution in [0.3, 0.4) is 0 Å². The van der Waals surface area contributed by atoms with Crippen LogP contribution in [0.15, 0.2) is 47.5 Å². The molecule has 0 spiro atoms. The molecule has 0 aliphatic heterocycles. The van der Waals surface area contributed by atoms with Gasteiger partial charge in [-0.3, -0.25) is 4.79 Å². The average Bonchev–Trinajstić information content (AvgIpc) is 2.74. The lowest BCUT2D eigenvalue weighted by molar-refractivity contribution is 0.100. The van der Waals surface area contributed by atoms with Crippen LogP contribution in [-0.4, -0.2) is 51.1 Å². The molecule has 0 aliphatic rings. The molecule has 0 heterocycles. The summed E-state index contributed by atoms with van der Waals surface area (Å²) < 4.78 is 10.7. The van der Waals surface area contributed by atoms with Gasteiger partial charge in [-0.25, -0.2) is 4.99 Å². The van der Waals surface area contributed by atoms with Crippen molar-refractivity contribution in [2.45, 2.75) is 19.9 Å². The van der Waals surface area contributed by atoms with E-state index in [1.54, 1.807) is 26.4 Å². The topological polar surface area (TPSA) is 89.2 Å². The molecule has 0 radical (unpaired) electrons. The smallest absolute Gasteiger partial charge is 0.248 e. The highest BCUT2D eigenvalue weighted by atomic mass is 127. The molecule has 2 rings (SSSR count). The van der Waals surface area contributed by atoms with Gasteiger partial charge in [0.15, 0.2) is 17.5 Å². The predicted octanol–water partition coefficient (Wildman–Crippen LogP) is 3.06. The number of nitrogens with zero attached hydrogens (tertiary/aromatic N) is 2. The zero-order valence-electron chi connectivity index (χ0n) is 18.0. The van der Waals surface area contributed by atoms with Gasteiger partial charge in [0.2, 0.25) is 5.91 Å². The minimum Gasteiger partial charge on any atom is -0.493 e. The highest BCUT2D eigenvalue weighted by Gasteiger charge is 2.09. The van der Waals surface area contributed by atoms with Gasteiger partial charge in [0.1, 0.15) is 0 Å². The lowest BCUT2D eigenvalue weighted by Crippen LogP contribution is -2.39. The minimum absolute atomic E-state index is 0. The monoisotopic (exact) mass is 526 g/mol. The third-order valence-electron chi connectivity index (χ3n) is 4.53. The second-order valence-corrected chi connectivity index (χ2v) is 6.59. The van der Waals surface area contributed by atoms with Crippen LogP contribution in [0.1, 0.15) is 28.4 Å². The Bertz CT molecular complexity index is 841. The molecule has 164 valence electrons. The molecule has 8 heteroatoms. The van der Waals surface area contributed by atoms with Crippen molar-refractivity contribution in [1.82, 2.24) is 10.2 Å². The van der Waals surface area contributed by atoms with Crippen LogP contribution in [0.25, 0.3) is 0 Å². The Morgan fingerprint density at radius 1 is 1.07 bits per heavy atom. The van der Waals surface area contributed by atoms with Crippen molar-refractivity contribution in [3.8, 4) is 11.5 Å². The Morgan fingerprint density at radius 3 is 2.27 bits per heavy atom. The molecule has 2 aromatic rings. The Labute approximate surface area is 195 Å². The van der Waals surface area contributed by atoms with E-state index in [4.69, 9.17) is 20.2 Å². The van der Waals surface area contributed by atoms with Gasteiger partial charge in [0, 0.05) is 25.7 Å². The van der Waals surface area contributed by atoms with E-state index in [1.165, 1.54) is 0 Å². The number of halogens is 1. The van der Waals surface area contributed by atoms with Crippen LogP contribution in [-0.2, 0) is 13.0 Å². The van der Waals surface area contributed by atoms with Crippen molar-refractivity contribution in [2.75, 3.05) is 34.4 Å². The van der Waals surface area contributed by atoms with E-state index in [9.17, 15) is 4.79 Å². The summed E-state index contributed by atoms with van der Waals surface area (Å²) in [5.74, 6) is 1.85. The highest BCUT2D eigenvalue weighted by molar-refractivity contribution is 14.0. The van der Waals surface area contributed by atoms with Crippen LogP contribution >= 0.6 is 24.0 Å². The maximum atomic E-state index is 11.2. The van der Waals surface area contributed by atoms with Gasteiger partial charge in [0.25, 0.3) is 0 Å². The van der Waals surface area contributed by atoms with E-state index in [0.717, 1.165) is 48.1 Å². The summed E-state index contributed by atoms with van der Waals surface area (Å²) in [4.78, 5) is 18.0. The molecule has 7 nitrogen and oxygen atoms in total. The van der Waals surface area contributed by atoms with Gasteiger partial charge in [-0.2, -0.15) is 0 Å². The van der Waals surface area contributed by atoms with Crippen molar-refractivity contribution < 1.29 is 14.3 Å². The van der Waals surface area contributed by atoms with Crippen LogP contribution in [0.4, 0.5) is 0 Å². The van der Waals surface area contributed by atoms with E-state index >= 15 is 0 Å². The lowest BCUT2D eigenvalue weighted by Gasteiger charge is -2.22. The Balaban J connectivity index is 0.00000450. The molecule has 0 unspecified atom stereocenters. The molecule has 0 aromatic heterocycles. The molecule has 0 atom stereocenters. The molecule has 3 N–H and O–H groups in total. The molecule has 30 heavy (non-hydrogen) atoms. The number of carbonyl (C=O) groups excluding carboxylic acids is 1. The van der Waals surface area contributed by atoms with Gasteiger partial charge in [-0.1, -0.05) is 18.2 Å². The normalized spacial score (nSPS) is 10.7. The van der Waals surface area contributed by atoms with Crippen molar-refractivity contribution in [3.05, 3.63) is 59.2 Å². The molecule has 1 amide bonds. The largest absolute Gasteiger partial charge is 0.493 e. The number of guanidine groups is 1. The zero-order chi connectivity index (χ0) is 21.2. The number of nitrogens with one attached hydrogen (secondary N) is 1. The molecule has 0 bridgehead atoms. The third kappa shape index (κ3) is 7.40. The number of nitrogens with two attached hydrogens (primary N) is 1. The minimum atomic E-state index is -0.428. The molecular formula is C22H31IN4O3. The van der Waals surface area contributed by atoms with Crippen LogP contribution < -0.4 is 20.5 Å². The fraction of sp³-hybridized carbons (Fsp3) is 0.364. The standard InChI is InChI=1S/C22H30N4O3.HI/c1-5-24-22(25-15-17-6-9-18(10-7-17)21(23)27)26(2)13-12-16-8-11-19(28-3)20(14-16)29-4;/h6-11,14H,5,12-13,15H2,1-4H3,(H2,23,27)(H,24,25);1H. The number of rotatable bonds is 9. The second kappa shape index (κ2) is 12.9. The summed E-state index contributed by atoms with van der Waals surface area (Å²) in [7, 11) is 5.28. The van der Waals surface area contributed by atoms with Gasteiger partial charge in [0.05, 0.1) is 20.8 Å². The highest BCUT2D eigenvalue weighted by Crippen LogP contribution is 2.27. The number of carbonyl (C=O) groups is 1. The summed E-state index contributed by atoms with van der Waals surface area (Å²) in [5.41, 5.74) is 7.95. The van der Waals surface area contributed by atoms with Gasteiger partial charge < -0.3 is 25.4 Å². The lowest BCUT2D eigenvalue weighted by atomic mass is 10.1. The summed E-state index contributed by atoms with van der Waals surface area (Å²) in [6.07, 6.45) is 0.842. The number of methoxy groups -OCH3 is 2. The number of amides is 1. The Hall–Kier alpha value is -2.49. The van der Waals surface area contributed by atoms with Crippen molar-refractivity contribution >= 4 is 35.8 Å². The summed E-state index contributed by atoms with van der Waals surface area (Å²) in [5, 5.41) is 3.32. The molecule has 0 saturated carbocycles. The quantitative estimate of drug-likeness (QED) is 0.298. The number of benzene rings is 2. The first-order valence-corrected chi connectivity index (χ1v) is 9.57. The number of primary amides is 1. The molecule has 2 aromatic carbocycles. The van der Waals surface area contributed by atoms with Crippen LogP contribution in [0, 0.1) is 0 Å². The fourth-order valence-corrected chi connectivity index (χ4v) is 2.85. The Kier molecular flexibility index (Phi) is 11.0. The van der Waals surface area contributed by atoms with E-state index in [2.05, 4.69) is 10.2 Å². The number of ether oxygens (including phenoxy) is 2. The van der Waals surface area contributed by atoms with E-state index in [1.807, 2.05) is 44.3 Å². The first-order valence-electron chi connectivity index (χ1n) is 9.57. The third-order valence-corrected chi connectivity index (χ3v) is 4.53. The van der Waals surface area contributed by atoms with Crippen molar-refractivity contribution in [2.24, 2.45) is 10.7 Å².